The van der Waals surface area contributed by atoms with E-state index in [2.05, 4.69) is 34.5 Å². The van der Waals surface area contributed by atoms with E-state index in [1.54, 1.807) is 0 Å². The molecule has 2 aromatic rings. The molecule has 0 saturated carbocycles. The number of rotatable bonds is 6. The number of hydrogen-bond acceptors (Lipinski definition) is 3. The Kier molecular flexibility index (Phi) is 6.33. The second-order valence-corrected chi connectivity index (χ2v) is 7.33. The molecule has 0 bridgehead atoms. The molecule has 4 heteroatoms. The lowest BCUT2D eigenvalue weighted by atomic mass is 9.99. The van der Waals surface area contributed by atoms with Crippen LogP contribution in [-0.2, 0) is 11.2 Å². The third-order valence-electron chi connectivity index (χ3n) is 4.29. The molecule has 2 aromatic carbocycles. The van der Waals surface area contributed by atoms with Gasteiger partial charge >= 0.3 is 0 Å². The summed E-state index contributed by atoms with van der Waals surface area (Å²) < 4.78 is 0. The molecule has 0 radical (unpaired) electrons. The molecule has 1 fully saturated rings. The predicted molar refractivity (Wildman–Crippen MR) is 101 cm³/mol. The summed E-state index contributed by atoms with van der Waals surface area (Å²) in [6.45, 7) is 2.51. The van der Waals surface area contributed by atoms with Crippen LogP contribution in [0.25, 0.3) is 0 Å². The third-order valence-corrected chi connectivity index (χ3v) is 5.23. The lowest BCUT2D eigenvalue weighted by Crippen LogP contribution is -2.42. The summed E-state index contributed by atoms with van der Waals surface area (Å²) in [6.07, 6.45) is 0.812. The van der Waals surface area contributed by atoms with Crippen LogP contribution in [0.2, 0.25) is 0 Å². The zero-order valence-electron chi connectivity index (χ0n) is 13.9. The maximum Gasteiger partial charge on any atom is 0.234 e. The second-order valence-electron chi connectivity index (χ2n) is 6.11. The van der Waals surface area contributed by atoms with Crippen LogP contribution in [0, 0.1) is 0 Å². The summed E-state index contributed by atoms with van der Waals surface area (Å²) in [5.74, 6) is 2.37. The van der Waals surface area contributed by atoms with Gasteiger partial charge in [0.25, 0.3) is 0 Å². The summed E-state index contributed by atoms with van der Waals surface area (Å²) in [6, 6.07) is 20.6. The Morgan fingerprint density at radius 2 is 1.62 bits per heavy atom. The number of nitrogens with one attached hydrogen (secondary N) is 1. The van der Waals surface area contributed by atoms with Crippen LogP contribution in [0.3, 0.4) is 0 Å². The fraction of sp³-hybridized carbons (Fsp3) is 0.350. The largest absolute Gasteiger partial charge is 0.348 e. The molecular weight excluding hydrogens is 316 g/mol. The molecule has 3 rings (SSSR count). The molecule has 126 valence electrons. The van der Waals surface area contributed by atoms with Crippen molar-refractivity contribution in [2.75, 3.05) is 31.1 Å². The van der Waals surface area contributed by atoms with Gasteiger partial charge in [-0.15, -0.1) is 0 Å². The monoisotopic (exact) mass is 340 g/mol. The van der Waals surface area contributed by atoms with E-state index in [0.717, 1.165) is 36.6 Å². The predicted octanol–water partition coefficient (Wildman–Crippen LogP) is 3.14. The Morgan fingerprint density at radius 3 is 2.29 bits per heavy atom. The van der Waals surface area contributed by atoms with Crippen molar-refractivity contribution in [1.82, 2.24) is 10.2 Å². The van der Waals surface area contributed by atoms with E-state index in [9.17, 15) is 4.79 Å². The van der Waals surface area contributed by atoms with E-state index < -0.39 is 0 Å². The Morgan fingerprint density at radius 1 is 1.00 bits per heavy atom. The normalized spacial score (nSPS) is 16.5. The Labute approximate surface area is 148 Å². The molecular formula is C20H24N2OS. The number of carbonyl (C=O) groups excluding carboxylic acids is 1. The zero-order valence-corrected chi connectivity index (χ0v) is 14.7. The van der Waals surface area contributed by atoms with Gasteiger partial charge in [-0.05, 0) is 17.5 Å². The van der Waals surface area contributed by atoms with Crippen molar-refractivity contribution in [1.29, 1.82) is 0 Å². The first kappa shape index (κ1) is 17.1. The van der Waals surface area contributed by atoms with Gasteiger partial charge in [0, 0.05) is 24.6 Å². The van der Waals surface area contributed by atoms with Gasteiger partial charge in [-0.3, -0.25) is 9.69 Å². The highest BCUT2D eigenvalue weighted by atomic mass is 32.2. The van der Waals surface area contributed by atoms with Gasteiger partial charge in [-0.2, -0.15) is 11.8 Å². The first-order valence-electron chi connectivity index (χ1n) is 8.49. The van der Waals surface area contributed by atoms with E-state index in [0.29, 0.717) is 6.54 Å². The van der Waals surface area contributed by atoms with Crippen molar-refractivity contribution >= 4 is 17.7 Å². The van der Waals surface area contributed by atoms with Crippen LogP contribution in [0.15, 0.2) is 60.7 Å². The van der Waals surface area contributed by atoms with E-state index >= 15 is 0 Å². The highest BCUT2D eigenvalue weighted by Crippen LogP contribution is 2.18. The quantitative estimate of drug-likeness (QED) is 0.877. The molecule has 1 saturated heterocycles. The first-order chi connectivity index (χ1) is 11.8. The number of amides is 1. The van der Waals surface area contributed by atoms with Gasteiger partial charge in [0.05, 0.1) is 12.6 Å². The fourth-order valence-corrected chi connectivity index (χ4v) is 3.97. The van der Waals surface area contributed by atoms with Crippen LogP contribution in [-0.4, -0.2) is 41.9 Å². The van der Waals surface area contributed by atoms with Gasteiger partial charge in [0.2, 0.25) is 5.91 Å². The average molecular weight is 340 g/mol. The van der Waals surface area contributed by atoms with Crippen molar-refractivity contribution in [2.24, 2.45) is 0 Å². The van der Waals surface area contributed by atoms with Crippen LogP contribution in [0.1, 0.15) is 17.2 Å². The Balaban J connectivity index is 1.66. The van der Waals surface area contributed by atoms with Crippen molar-refractivity contribution in [3.8, 4) is 0 Å². The fourth-order valence-electron chi connectivity index (χ4n) is 2.99. The van der Waals surface area contributed by atoms with Gasteiger partial charge in [0.1, 0.15) is 0 Å². The minimum atomic E-state index is 0.0141. The zero-order chi connectivity index (χ0) is 16.6. The SMILES string of the molecule is O=C(CN1CCSCC1)NC(Cc1ccccc1)c1ccccc1. The average Bonchev–Trinajstić information content (AvgIpc) is 2.63. The standard InChI is InChI=1S/C20H24N2OS/c23-20(16-22-11-13-24-14-12-22)21-19(18-9-5-2-6-10-18)15-17-7-3-1-4-8-17/h1-10,19H,11-16H2,(H,21,23). The van der Waals surface area contributed by atoms with E-state index in [1.807, 2.05) is 48.2 Å². The van der Waals surface area contributed by atoms with Crippen LogP contribution >= 0.6 is 11.8 Å². The molecule has 0 spiro atoms. The number of carbonyl (C=O) groups is 1. The summed E-state index contributed by atoms with van der Waals surface area (Å²) in [4.78, 5) is 14.8. The molecule has 3 nitrogen and oxygen atoms in total. The molecule has 1 aliphatic rings. The van der Waals surface area contributed by atoms with Crippen molar-refractivity contribution < 1.29 is 4.79 Å². The minimum absolute atomic E-state index is 0.0141. The first-order valence-corrected chi connectivity index (χ1v) is 9.65. The highest BCUT2D eigenvalue weighted by Gasteiger charge is 2.18. The van der Waals surface area contributed by atoms with Crippen molar-refractivity contribution in [3.05, 3.63) is 71.8 Å². The van der Waals surface area contributed by atoms with Crippen LogP contribution < -0.4 is 5.32 Å². The van der Waals surface area contributed by atoms with Gasteiger partial charge in [0.15, 0.2) is 0 Å². The maximum absolute atomic E-state index is 12.5. The van der Waals surface area contributed by atoms with E-state index in [4.69, 9.17) is 0 Å². The summed E-state index contributed by atoms with van der Waals surface area (Å²) >= 11 is 1.96. The Hall–Kier alpha value is -1.78. The van der Waals surface area contributed by atoms with E-state index in [-0.39, 0.29) is 11.9 Å². The van der Waals surface area contributed by atoms with Crippen LogP contribution in [0.5, 0.6) is 0 Å². The number of hydrogen-bond donors (Lipinski definition) is 1. The summed E-state index contributed by atoms with van der Waals surface area (Å²) in [5, 5.41) is 3.24. The number of nitrogens with zero attached hydrogens (tertiary/aromatic N) is 1. The topological polar surface area (TPSA) is 32.3 Å². The number of thioether (sulfide) groups is 1. The van der Waals surface area contributed by atoms with Gasteiger partial charge in [-0.1, -0.05) is 60.7 Å². The minimum Gasteiger partial charge on any atom is -0.348 e. The number of benzene rings is 2. The maximum atomic E-state index is 12.5. The van der Waals surface area contributed by atoms with Crippen molar-refractivity contribution in [3.63, 3.8) is 0 Å². The molecule has 1 aliphatic heterocycles. The molecule has 1 heterocycles. The second kappa shape index (κ2) is 8.90. The lowest BCUT2D eigenvalue weighted by Gasteiger charge is -2.27. The van der Waals surface area contributed by atoms with Gasteiger partial charge < -0.3 is 5.32 Å². The third kappa shape index (κ3) is 5.11. The molecule has 0 aliphatic carbocycles. The molecule has 24 heavy (non-hydrogen) atoms. The van der Waals surface area contributed by atoms with E-state index in [1.165, 1.54) is 5.56 Å². The molecule has 1 atom stereocenters. The molecule has 1 N–H and O–H groups in total. The molecule has 1 unspecified atom stereocenters. The summed E-state index contributed by atoms with van der Waals surface area (Å²) in [5.41, 5.74) is 2.39. The lowest BCUT2D eigenvalue weighted by molar-refractivity contribution is -0.122. The molecule has 1 amide bonds. The smallest absolute Gasteiger partial charge is 0.234 e. The van der Waals surface area contributed by atoms with Gasteiger partial charge in [-0.25, -0.2) is 0 Å². The summed E-state index contributed by atoms with van der Waals surface area (Å²) in [7, 11) is 0. The molecule has 0 aromatic heterocycles. The van der Waals surface area contributed by atoms with Crippen molar-refractivity contribution in [2.45, 2.75) is 12.5 Å². The van der Waals surface area contributed by atoms with Crippen LogP contribution in [0.4, 0.5) is 0 Å². The highest BCUT2D eigenvalue weighted by molar-refractivity contribution is 7.99. The Bertz CT molecular complexity index is 627.